The van der Waals surface area contributed by atoms with Crippen LogP contribution in [0.2, 0.25) is 0 Å². The minimum Gasteiger partial charge on any atom is -0.409 e. The first-order chi connectivity index (χ1) is 8.55. The SMILES string of the molecule is CCCN(CC(N)=NO)Cc1cc(C)cc(C)c1. The highest BCUT2D eigenvalue weighted by Crippen LogP contribution is 2.11. The molecule has 3 N–H and O–H groups in total. The Balaban J connectivity index is 2.75. The van der Waals surface area contributed by atoms with Crippen LogP contribution in [0.15, 0.2) is 23.4 Å². The minimum atomic E-state index is 0.257. The highest BCUT2D eigenvalue weighted by Gasteiger charge is 2.08. The quantitative estimate of drug-likeness (QED) is 0.352. The molecule has 0 aliphatic heterocycles. The number of nitrogens with two attached hydrogens (primary N) is 1. The van der Waals surface area contributed by atoms with Crippen molar-refractivity contribution in [1.82, 2.24) is 4.90 Å². The fraction of sp³-hybridized carbons (Fsp3) is 0.500. The zero-order chi connectivity index (χ0) is 13.5. The van der Waals surface area contributed by atoms with Crippen LogP contribution in [0.3, 0.4) is 0 Å². The second-order valence-corrected chi connectivity index (χ2v) is 4.80. The van der Waals surface area contributed by atoms with E-state index in [9.17, 15) is 0 Å². The summed E-state index contributed by atoms with van der Waals surface area (Å²) >= 11 is 0. The fourth-order valence-corrected chi connectivity index (χ4v) is 2.21. The smallest absolute Gasteiger partial charge is 0.153 e. The van der Waals surface area contributed by atoms with Gasteiger partial charge in [-0.2, -0.15) is 0 Å². The van der Waals surface area contributed by atoms with Crippen molar-refractivity contribution in [1.29, 1.82) is 0 Å². The normalized spacial score (nSPS) is 12.1. The molecule has 1 rings (SSSR count). The number of benzene rings is 1. The Labute approximate surface area is 109 Å². The highest BCUT2D eigenvalue weighted by molar-refractivity contribution is 5.81. The van der Waals surface area contributed by atoms with Gasteiger partial charge in [0.05, 0.1) is 6.54 Å². The lowest BCUT2D eigenvalue weighted by Gasteiger charge is -2.21. The predicted octanol–water partition coefficient (Wildman–Crippen LogP) is 2.26. The van der Waals surface area contributed by atoms with Crippen LogP contribution >= 0.6 is 0 Å². The number of oxime groups is 1. The average Bonchev–Trinajstić information content (AvgIpc) is 2.27. The van der Waals surface area contributed by atoms with Crippen LogP contribution in [-0.2, 0) is 6.54 Å². The van der Waals surface area contributed by atoms with Crippen molar-refractivity contribution in [3.05, 3.63) is 34.9 Å². The average molecular weight is 249 g/mol. The summed E-state index contributed by atoms with van der Waals surface area (Å²) in [6.07, 6.45) is 1.05. The lowest BCUT2D eigenvalue weighted by atomic mass is 10.1. The Bertz CT molecular complexity index is 395. The van der Waals surface area contributed by atoms with E-state index in [2.05, 4.69) is 49.0 Å². The largest absolute Gasteiger partial charge is 0.409 e. The molecule has 0 heterocycles. The summed E-state index contributed by atoms with van der Waals surface area (Å²) in [7, 11) is 0. The number of hydrogen-bond acceptors (Lipinski definition) is 3. The maximum Gasteiger partial charge on any atom is 0.153 e. The van der Waals surface area contributed by atoms with Gasteiger partial charge < -0.3 is 10.9 Å². The van der Waals surface area contributed by atoms with E-state index in [1.54, 1.807) is 0 Å². The third-order valence-electron chi connectivity index (χ3n) is 2.74. The van der Waals surface area contributed by atoms with Crippen LogP contribution in [0.1, 0.15) is 30.0 Å². The van der Waals surface area contributed by atoms with E-state index in [1.165, 1.54) is 16.7 Å². The molecule has 0 bridgehead atoms. The summed E-state index contributed by atoms with van der Waals surface area (Å²) in [5.41, 5.74) is 9.38. The van der Waals surface area contributed by atoms with E-state index in [0.29, 0.717) is 6.54 Å². The van der Waals surface area contributed by atoms with E-state index in [4.69, 9.17) is 10.9 Å². The van der Waals surface area contributed by atoms with Gasteiger partial charge in [-0.1, -0.05) is 41.4 Å². The number of rotatable bonds is 6. The molecule has 0 spiro atoms. The van der Waals surface area contributed by atoms with Crippen molar-refractivity contribution < 1.29 is 5.21 Å². The Morgan fingerprint density at radius 3 is 2.39 bits per heavy atom. The van der Waals surface area contributed by atoms with E-state index in [-0.39, 0.29) is 5.84 Å². The summed E-state index contributed by atoms with van der Waals surface area (Å²) in [4.78, 5) is 2.18. The second kappa shape index (κ2) is 7.01. The number of hydrogen-bond donors (Lipinski definition) is 2. The third-order valence-corrected chi connectivity index (χ3v) is 2.74. The molecule has 0 saturated heterocycles. The van der Waals surface area contributed by atoms with E-state index in [0.717, 1.165) is 19.5 Å². The van der Waals surface area contributed by atoms with Crippen LogP contribution in [0.4, 0.5) is 0 Å². The molecule has 0 atom stereocenters. The first kappa shape index (κ1) is 14.5. The summed E-state index contributed by atoms with van der Waals surface area (Å²) in [6, 6.07) is 6.53. The lowest BCUT2D eigenvalue weighted by molar-refractivity contribution is 0.286. The molecule has 1 aromatic rings. The number of aryl methyl sites for hydroxylation is 2. The number of amidine groups is 1. The van der Waals surface area contributed by atoms with Gasteiger partial charge in [-0.05, 0) is 32.4 Å². The fourth-order valence-electron chi connectivity index (χ4n) is 2.21. The summed E-state index contributed by atoms with van der Waals surface area (Å²) in [5.74, 6) is 0.257. The standard InChI is InChI=1S/C14H23N3O/c1-4-5-17(10-14(15)16-18)9-13-7-11(2)6-12(3)8-13/h6-8,18H,4-5,9-10H2,1-3H3,(H2,15,16). The molecule has 18 heavy (non-hydrogen) atoms. The number of nitrogens with zero attached hydrogens (tertiary/aromatic N) is 2. The second-order valence-electron chi connectivity index (χ2n) is 4.80. The van der Waals surface area contributed by atoms with Gasteiger partial charge in [0.25, 0.3) is 0 Å². The molecule has 0 fully saturated rings. The zero-order valence-electron chi connectivity index (χ0n) is 11.5. The predicted molar refractivity (Wildman–Crippen MR) is 74.9 cm³/mol. The molecule has 0 unspecified atom stereocenters. The van der Waals surface area contributed by atoms with Crippen molar-refractivity contribution in [2.24, 2.45) is 10.9 Å². The first-order valence-corrected chi connectivity index (χ1v) is 6.31. The van der Waals surface area contributed by atoms with Crippen LogP contribution < -0.4 is 5.73 Å². The Hall–Kier alpha value is -1.55. The molecule has 0 radical (unpaired) electrons. The van der Waals surface area contributed by atoms with Crippen LogP contribution in [0.25, 0.3) is 0 Å². The molecular weight excluding hydrogens is 226 g/mol. The van der Waals surface area contributed by atoms with E-state index in [1.807, 2.05) is 0 Å². The van der Waals surface area contributed by atoms with Gasteiger partial charge in [-0.15, -0.1) is 0 Å². The Kier molecular flexibility index (Phi) is 5.65. The maximum atomic E-state index is 8.64. The Morgan fingerprint density at radius 1 is 1.28 bits per heavy atom. The van der Waals surface area contributed by atoms with Crippen molar-refractivity contribution in [3.8, 4) is 0 Å². The molecule has 4 nitrogen and oxygen atoms in total. The maximum absolute atomic E-state index is 8.64. The summed E-state index contributed by atoms with van der Waals surface area (Å²) in [5, 5.41) is 11.7. The van der Waals surface area contributed by atoms with Crippen molar-refractivity contribution in [2.75, 3.05) is 13.1 Å². The molecule has 100 valence electrons. The highest BCUT2D eigenvalue weighted by atomic mass is 16.4. The minimum absolute atomic E-state index is 0.257. The van der Waals surface area contributed by atoms with Crippen molar-refractivity contribution >= 4 is 5.84 Å². The lowest BCUT2D eigenvalue weighted by Crippen LogP contribution is -2.34. The summed E-state index contributed by atoms with van der Waals surface area (Å²) < 4.78 is 0. The van der Waals surface area contributed by atoms with Crippen LogP contribution in [0, 0.1) is 13.8 Å². The first-order valence-electron chi connectivity index (χ1n) is 6.31. The third kappa shape index (κ3) is 4.75. The van der Waals surface area contributed by atoms with Gasteiger partial charge >= 0.3 is 0 Å². The molecule has 0 saturated carbocycles. The molecule has 1 aromatic carbocycles. The van der Waals surface area contributed by atoms with Crippen molar-refractivity contribution in [2.45, 2.75) is 33.7 Å². The van der Waals surface area contributed by atoms with E-state index >= 15 is 0 Å². The molecule has 0 aromatic heterocycles. The van der Waals surface area contributed by atoms with Crippen molar-refractivity contribution in [3.63, 3.8) is 0 Å². The van der Waals surface area contributed by atoms with Gasteiger partial charge in [0.2, 0.25) is 0 Å². The molecule has 0 aliphatic rings. The zero-order valence-corrected chi connectivity index (χ0v) is 11.5. The topological polar surface area (TPSA) is 61.8 Å². The van der Waals surface area contributed by atoms with Gasteiger partial charge in [-0.3, -0.25) is 4.90 Å². The molecule has 4 heteroatoms. The monoisotopic (exact) mass is 249 g/mol. The van der Waals surface area contributed by atoms with Gasteiger partial charge in [0.1, 0.15) is 0 Å². The van der Waals surface area contributed by atoms with Crippen LogP contribution in [-0.4, -0.2) is 29.0 Å². The molecule has 0 aliphatic carbocycles. The van der Waals surface area contributed by atoms with Gasteiger partial charge in [0.15, 0.2) is 5.84 Å². The Morgan fingerprint density at radius 2 is 1.89 bits per heavy atom. The summed E-state index contributed by atoms with van der Waals surface area (Å²) in [6.45, 7) is 8.59. The van der Waals surface area contributed by atoms with Gasteiger partial charge in [0, 0.05) is 6.54 Å². The molecular formula is C14H23N3O. The molecule has 0 amide bonds. The van der Waals surface area contributed by atoms with Crippen LogP contribution in [0.5, 0.6) is 0 Å². The van der Waals surface area contributed by atoms with E-state index < -0.39 is 0 Å². The van der Waals surface area contributed by atoms with Gasteiger partial charge in [-0.25, -0.2) is 0 Å².